The van der Waals surface area contributed by atoms with Gasteiger partial charge in [-0.15, -0.1) is 13.2 Å². The molecule has 4 rings (SSSR count). The third-order valence-corrected chi connectivity index (χ3v) is 8.32. The number of carbonyl (C=O) groups is 3. The van der Waals surface area contributed by atoms with Crippen molar-refractivity contribution in [2.45, 2.75) is 50.5 Å². The summed E-state index contributed by atoms with van der Waals surface area (Å²) in [7, 11) is 1.68. The molecule has 0 aliphatic carbocycles. The van der Waals surface area contributed by atoms with Crippen molar-refractivity contribution in [1.82, 2.24) is 9.80 Å². The Hall–Kier alpha value is -2.68. The van der Waals surface area contributed by atoms with E-state index in [-0.39, 0.29) is 36.8 Å². The zero-order valence-electron chi connectivity index (χ0n) is 21.7. The van der Waals surface area contributed by atoms with E-state index in [1.54, 1.807) is 53.3 Å². The molecule has 0 radical (unpaired) electrons. The number of amides is 3. The van der Waals surface area contributed by atoms with Crippen LogP contribution in [-0.2, 0) is 19.1 Å². The number of hydrogen-bond donors (Lipinski definition) is 1. The smallest absolute Gasteiger partial charge is 0.253 e. The second-order valence-corrected chi connectivity index (χ2v) is 11.0. The topological polar surface area (TPSA) is 90.4 Å². The molecular weight excluding hydrogens is 494 g/mol. The second-order valence-electron chi connectivity index (χ2n) is 10.5. The molecule has 2 bridgehead atoms. The van der Waals surface area contributed by atoms with Gasteiger partial charge in [-0.3, -0.25) is 14.4 Å². The highest BCUT2D eigenvalue weighted by Gasteiger charge is 2.75. The van der Waals surface area contributed by atoms with Gasteiger partial charge in [0.15, 0.2) is 0 Å². The van der Waals surface area contributed by atoms with Gasteiger partial charge in [0.05, 0.1) is 30.6 Å². The van der Waals surface area contributed by atoms with Crippen LogP contribution in [0.2, 0.25) is 5.02 Å². The quantitative estimate of drug-likeness (QED) is 0.471. The lowest BCUT2D eigenvalue weighted by Gasteiger charge is -2.40. The van der Waals surface area contributed by atoms with Crippen LogP contribution in [-0.4, -0.2) is 83.2 Å². The Balaban J connectivity index is 1.82. The lowest BCUT2D eigenvalue weighted by atomic mass is 9.70. The van der Waals surface area contributed by atoms with Crippen LogP contribution in [0.15, 0.2) is 49.6 Å². The molecule has 1 N–H and O–H groups in total. The van der Waals surface area contributed by atoms with Crippen LogP contribution < -0.4 is 4.90 Å². The Bertz CT molecular complexity index is 1080. The fourth-order valence-electron chi connectivity index (χ4n) is 6.39. The number of rotatable bonds is 10. The van der Waals surface area contributed by atoms with Crippen molar-refractivity contribution in [2.75, 3.05) is 31.6 Å². The molecular formula is C28H36ClN3O5. The molecule has 8 nitrogen and oxygen atoms in total. The van der Waals surface area contributed by atoms with Crippen LogP contribution in [0.5, 0.6) is 0 Å². The van der Waals surface area contributed by atoms with Crippen molar-refractivity contribution in [3.63, 3.8) is 0 Å². The molecule has 1 aromatic rings. The normalized spacial score (nSPS) is 28.8. The fourth-order valence-corrected chi connectivity index (χ4v) is 6.51. The lowest BCUT2D eigenvalue weighted by molar-refractivity contribution is -0.147. The van der Waals surface area contributed by atoms with E-state index in [2.05, 4.69) is 13.2 Å². The number of anilines is 1. The van der Waals surface area contributed by atoms with Gasteiger partial charge in [-0.25, -0.2) is 0 Å². The number of nitrogens with zero attached hydrogens (tertiary/aromatic N) is 3. The van der Waals surface area contributed by atoms with Crippen LogP contribution in [0.4, 0.5) is 5.69 Å². The summed E-state index contributed by atoms with van der Waals surface area (Å²) >= 11 is 6.09. The second kappa shape index (κ2) is 10.6. The zero-order valence-corrected chi connectivity index (χ0v) is 22.4. The van der Waals surface area contributed by atoms with Crippen LogP contribution in [0.25, 0.3) is 0 Å². The van der Waals surface area contributed by atoms with Gasteiger partial charge < -0.3 is 24.5 Å². The molecule has 37 heavy (non-hydrogen) atoms. The highest BCUT2D eigenvalue weighted by Crippen LogP contribution is 2.59. The summed E-state index contributed by atoms with van der Waals surface area (Å²) in [6.07, 6.45) is 3.87. The van der Waals surface area contributed by atoms with Gasteiger partial charge in [0.25, 0.3) is 5.91 Å². The Morgan fingerprint density at radius 1 is 1.22 bits per heavy atom. The van der Waals surface area contributed by atoms with Crippen LogP contribution >= 0.6 is 11.6 Å². The predicted molar refractivity (Wildman–Crippen MR) is 142 cm³/mol. The SMILES string of the molecule is C=CCN(C)C(=O)[C@@H]1[C@@H]2CCC3(O2)C(C(=O)N(CC=C)c2ccc(Cl)cc2)N([C@@H](CO)C(C)C)C(=O)[C@H]13. The number of aliphatic hydroxyl groups is 1. The predicted octanol–water partition coefficient (Wildman–Crippen LogP) is 2.89. The molecule has 200 valence electrons. The zero-order chi connectivity index (χ0) is 27.1. The molecule has 1 spiro atoms. The number of likely N-dealkylation sites (N-methyl/N-ethyl adjacent to an activating group) is 1. The summed E-state index contributed by atoms with van der Waals surface area (Å²) < 4.78 is 6.53. The van der Waals surface area contributed by atoms with Crippen LogP contribution in [0.3, 0.4) is 0 Å². The Morgan fingerprint density at radius 2 is 1.86 bits per heavy atom. The molecule has 0 saturated carbocycles. The standard InChI is InChI=1S/C28H36ClN3O5/c1-6-14-30(5)25(34)22-21-12-13-28(37-21)23(22)26(35)32(20(16-33)17(3)4)24(28)27(36)31(15-7-2)19-10-8-18(29)9-11-19/h6-11,17,20-24,33H,1-2,12-16H2,3-5H3/t20-,21-,22+,23-,24?,28?/m0/s1. The summed E-state index contributed by atoms with van der Waals surface area (Å²) in [4.78, 5) is 46.8. The van der Waals surface area contributed by atoms with Gasteiger partial charge in [-0.05, 0) is 43.0 Å². The van der Waals surface area contributed by atoms with Gasteiger partial charge in [0.2, 0.25) is 11.8 Å². The third-order valence-electron chi connectivity index (χ3n) is 8.07. The van der Waals surface area contributed by atoms with Gasteiger partial charge in [-0.2, -0.15) is 0 Å². The first kappa shape index (κ1) is 27.4. The maximum Gasteiger partial charge on any atom is 0.253 e. The summed E-state index contributed by atoms with van der Waals surface area (Å²) in [5, 5.41) is 10.9. The number of benzene rings is 1. The molecule has 0 aromatic heterocycles. The summed E-state index contributed by atoms with van der Waals surface area (Å²) in [5.74, 6) is -2.45. The van der Waals surface area contributed by atoms with E-state index in [9.17, 15) is 19.5 Å². The first-order valence-electron chi connectivity index (χ1n) is 12.8. The maximum absolute atomic E-state index is 14.4. The maximum atomic E-state index is 14.4. The average Bonchev–Trinajstić information content (AvgIpc) is 3.51. The molecule has 9 heteroatoms. The van der Waals surface area contributed by atoms with E-state index in [0.29, 0.717) is 30.1 Å². The van der Waals surface area contributed by atoms with Crippen molar-refractivity contribution < 1.29 is 24.2 Å². The van der Waals surface area contributed by atoms with E-state index in [1.807, 2.05) is 13.8 Å². The van der Waals surface area contributed by atoms with Gasteiger partial charge in [-0.1, -0.05) is 37.6 Å². The van der Waals surface area contributed by atoms with E-state index >= 15 is 0 Å². The number of halogens is 1. The number of aliphatic hydroxyl groups excluding tert-OH is 1. The fraction of sp³-hybridized carbons (Fsp3) is 0.536. The molecule has 3 fully saturated rings. The van der Waals surface area contributed by atoms with Crippen molar-refractivity contribution >= 4 is 35.0 Å². The molecule has 2 unspecified atom stereocenters. The van der Waals surface area contributed by atoms with Crippen molar-refractivity contribution in [3.05, 3.63) is 54.6 Å². The summed E-state index contributed by atoms with van der Waals surface area (Å²) in [5.41, 5.74) is -0.542. The van der Waals surface area contributed by atoms with Gasteiger partial charge in [0, 0.05) is 30.8 Å². The summed E-state index contributed by atoms with van der Waals surface area (Å²) in [6.45, 7) is 11.6. The van der Waals surface area contributed by atoms with E-state index in [4.69, 9.17) is 16.3 Å². The summed E-state index contributed by atoms with van der Waals surface area (Å²) in [6, 6.07) is 5.29. The Morgan fingerprint density at radius 3 is 2.43 bits per heavy atom. The molecule has 1 aromatic carbocycles. The minimum atomic E-state index is -1.15. The van der Waals surface area contributed by atoms with Crippen LogP contribution in [0, 0.1) is 17.8 Å². The molecule has 3 saturated heterocycles. The first-order chi connectivity index (χ1) is 17.6. The molecule has 3 aliphatic heterocycles. The van der Waals surface area contributed by atoms with E-state index < -0.39 is 35.6 Å². The minimum Gasteiger partial charge on any atom is -0.394 e. The Labute approximate surface area is 223 Å². The molecule has 6 atom stereocenters. The van der Waals surface area contributed by atoms with Crippen molar-refractivity contribution in [2.24, 2.45) is 17.8 Å². The average molecular weight is 530 g/mol. The Kier molecular flexibility index (Phi) is 7.83. The number of hydrogen-bond acceptors (Lipinski definition) is 5. The van der Waals surface area contributed by atoms with Crippen molar-refractivity contribution in [3.8, 4) is 0 Å². The largest absolute Gasteiger partial charge is 0.394 e. The molecule has 3 aliphatic rings. The first-order valence-corrected chi connectivity index (χ1v) is 13.1. The highest BCUT2D eigenvalue weighted by molar-refractivity contribution is 6.30. The molecule has 3 amide bonds. The van der Waals surface area contributed by atoms with E-state index in [1.165, 1.54) is 4.90 Å². The van der Waals surface area contributed by atoms with E-state index in [0.717, 1.165) is 0 Å². The van der Waals surface area contributed by atoms with Gasteiger partial charge >= 0.3 is 0 Å². The number of likely N-dealkylation sites (tertiary alicyclic amines) is 1. The third kappa shape index (κ3) is 4.39. The minimum absolute atomic E-state index is 0.127. The van der Waals surface area contributed by atoms with Crippen molar-refractivity contribution in [1.29, 1.82) is 0 Å². The lowest BCUT2D eigenvalue weighted by Crippen LogP contribution is -2.59. The number of fused-ring (bicyclic) bond motifs is 1. The monoisotopic (exact) mass is 529 g/mol. The number of ether oxygens (including phenoxy) is 1. The molecule has 3 heterocycles. The number of carbonyl (C=O) groups excluding carboxylic acids is 3. The van der Waals surface area contributed by atoms with Crippen LogP contribution in [0.1, 0.15) is 26.7 Å². The highest BCUT2D eigenvalue weighted by atomic mass is 35.5. The van der Waals surface area contributed by atoms with Gasteiger partial charge in [0.1, 0.15) is 11.6 Å².